The van der Waals surface area contributed by atoms with Crippen molar-refractivity contribution < 1.29 is 4.79 Å². The van der Waals surface area contributed by atoms with Crippen LogP contribution in [0.1, 0.15) is 19.3 Å². The van der Waals surface area contributed by atoms with Gasteiger partial charge in [0, 0.05) is 31.7 Å². The Balaban J connectivity index is 0.00000176. The zero-order chi connectivity index (χ0) is 14.8. The number of fused-ring (bicyclic) bond motifs is 1. The second kappa shape index (κ2) is 6.93. The average molecular weight is 326 g/mol. The number of carbonyl (C=O) groups excluding carboxylic acids is 1. The van der Waals surface area contributed by atoms with Gasteiger partial charge in [0.05, 0.1) is 6.54 Å². The minimum Gasteiger partial charge on any atom is -0.341 e. The molecule has 1 atom stereocenters. The third kappa shape index (κ3) is 3.31. The van der Waals surface area contributed by atoms with E-state index >= 15 is 0 Å². The van der Waals surface area contributed by atoms with E-state index in [1.807, 2.05) is 6.07 Å². The molecule has 0 aliphatic carbocycles. The van der Waals surface area contributed by atoms with Gasteiger partial charge in [-0.25, -0.2) is 9.48 Å². The van der Waals surface area contributed by atoms with Gasteiger partial charge in [-0.15, -0.1) is 17.5 Å². The van der Waals surface area contributed by atoms with Gasteiger partial charge in [0.15, 0.2) is 5.65 Å². The Morgan fingerprint density at radius 1 is 1.41 bits per heavy atom. The van der Waals surface area contributed by atoms with E-state index in [9.17, 15) is 9.59 Å². The molecular weight excluding hydrogens is 306 g/mol. The maximum atomic E-state index is 12.2. The standard InChI is InChI=1S/C14H19N5O2.ClH/c15-11-4-3-7-17(10-11)13(20)6-9-19-14(21)18-8-2-1-5-12(18)16-19;/h1-2,5,8,11H,3-4,6-7,9-10,15H2;1H. The normalized spacial score (nSPS) is 18.2. The average Bonchev–Trinajstić information content (AvgIpc) is 2.82. The summed E-state index contributed by atoms with van der Waals surface area (Å²) in [6.45, 7) is 1.66. The smallest absolute Gasteiger partial charge is 0.341 e. The molecule has 1 fully saturated rings. The number of pyridine rings is 1. The summed E-state index contributed by atoms with van der Waals surface area (Å²) in [4.78, 5) is 26.0. The molecule has 1 aliphatic heterocycles. The predicted molar refractivity (Wildman–Crippen MR) is 85.1 cm³/mol. The SMILES string of the molecule is Cl.NC1CCCN(C(=O)CCn2nc3ccccn3c2=O)C1. The summed E-state index contributed by atoms with van der Waals surface area (Å²) in [7, 11) is 0. The summed E-state index contributed by atoms with van der Waals surface area (Å²) in [5.74, 6) is 0.0362. The van der Waals surface area contributed by atoms with Gasteiger partial charge < -0.3 is 10.6 Å². The molecule has 8 heteroatoms. The molecule has 1 saturated heterocycles. The van der Waals surface area contributed by atoms with Crippen LogP contribution in [0.2, 0.25) is 0 Å². The second-order valence-electron chi connectivity index (χ2n) is 5.43. The van der Waals surface area contributed by atoms with E-state index in [0.29, 0.717) is 18.7 Å². The van der Waals surface area contributed by atoms with Gasteiger partial charge in [-0.05, 0) is 25.0 Å². The largest absolute Gasteiger partial charge is 0.350 e. The molecule has 2 aromatic rings. The lowest BCUT2D eigenvalue weighted by atomic mass is 10.1. The van der Waals surface area contributed by atoms with Crippen LogP contribution < -0.4 is 11.4 Å². The minimum atomic E-state index is -0.214. The highest BCUT2D eigenvalue weighted by molar-refractivity contribution is 5.85. The highest BCUT2D eigenvalue weighted by Gasteiger charge is 2.21. The van der Waals surface area contributed by atoms with Gasteiger partial charge in [-0.2, -0.15) is 0 Å². The first-order valence-electron chi connectivity index (χ1n) is 7.23. The maximum Gasteiger partial charge on any atom is 0.350 e. The lowest BCUT2D eigenvalue weighted by Gasteiger charge is -2.30. The number of aryl methyl sites for hydroxylation is 1. The first kappa shape index (κ1) is 16.5. The van der Waals surface area contributed by atoms with Crippen molar-refractivity contribution in [1.82, 2.24) is 19.1 Å². The third-order valence-corrected chi connectivity index (χ3v) is 3.84. The van der Waals surface area contributed by atoms with E-state index in [-0.39, 0.29) is 36.5 Å². The van der Waals surface area contributed by atoms with Crippen LogP contribution in [0.3, 0.4) is 0 Å². The number of carbonyl (C=O) groups is 1. The van der Waals surface area contributed by atoms with Gasteiger partial charge in [-0.1, -0.05) is 6.07 Å². The van der Waals surface area contributed by atoms with Gasteiger partial charge in [0.25, 0.3) is 0 Å². The molecule has 1 unspecified atom stereocenters. The van der Waals surface area contributed by atoms with Crippen molar-refractivity contribution >= 4 is 24.0 Å². The summed E-state index contributed by atoms with van der Waals surface area (Å²) in [6.07, 6.45) is 3.86. The lowest BCUT2D eigenvalue weighted by molar-refractivity contribution is -0.132. The molecule has 0 saturated carbocycles. The van der Waals surface area contributed by atoms with E-state index in [2.05, 4.69) is 5.10 Å². The Bertz CT molecular complexity index is 711. The fraction of sp³-hybridized carbons (Fsp3) is 0.500. The highest BCUT2D eigenvalue weighted by Crippen LogP contribution is 2.09. The first-order valence-corrected chi connectivity index (χ1v) is 7.23. The number of hydrogen-bond donors (Lipinski definition) is 1. The Labute approximate surface area is 134 Å². The molecule has 0 bridgehead atoms. The molecule has 1 amide bonds. The summed E-state index contributed by atoms with van der Waals surface area (Å²) >= 11 is 0. The third-order valence-electron chi connectivity index (χ3n) is 3.84. The number of amides is 1. The molecule has 7 nitrogen and oxygen atoms in total. The minimum absolute atomic E-state index is 0. The van der Waals surface area contributed by atoms with E-state index < -0.39 is 0 Å². The van der Waals surface area contributed by atoms with E-state index in [4.69, 9.17) is 5.73 Å². The predicted octanol–water partition coefficient (Wildman–Crippen LogP) is 0.258. The number of aromatic nitrogens is 3. The van der Waals surface area contributed by atoms with E-state index in [1.54, 1.807) is 23.2 Å². The van der Waals surface area contributed by atoms with Crippen molar-refractivity contribution in [3.8, 4) is 0 Å². The van der Waals surface area contributed by atoms with Gasteiger partial charge >= 0.3 is 5.69 Å². The monoisotopic (exact) mass is 325 g/mol. The number of rotatable bonds is 3. The highest BCUT2D eigenvalue weighted by atomic mass is 35.5. The molecule has 2 aromatic heterocycles. The van der Waals surface area contributed by atoms with Crippen LogP contribution in [-0.2, 0) is 11.3 Å². The molecule has 1 aliphatic rings. The first-order chi connectivity index (χ1) is 10.1. The van der Waals surface area contributed by atoms with Crippen LogP contribution >= 0.6 is 12.4 Å². The number of nitrogens with zero attached hydrogens (tertiary/aromatic N) is 4. The van der Waals surface area contributed by atoms with Crippen molar-refractivity contribution in [2.24, 2.45) is 5.73 Å². The zero-order valence-electron chi connectivity index (χ0n) is 12.2. The van der Waals surface area contributed by atoms with Crippen molar-refractivity contribution in [3.63, 3.8) is 0 Å². The van der Waals surface area contributed by atoms with Crippen LogP contribution in [0.5, 0.6) is 0 Å². The number of likely N-dealkylation sites (tertiary alicyclic amines) is 1. The maximum absolute atomic E-state index is 12.2. The molecule has 120 valence electrons. The second-order valence-corrected chi connectivity index (χ2v) is 5.43. The Morgan fingerprint density at radius 3 is 2.95 bits per heavy atom. The summed E-state index contributed by atoms with van der Waals surface area (Å²) < 4.78 is 2.82. The molecular formula is C14H20ClN5O2. The quantitative estimate of drug-likeness (QED) is 0.877. The number of piperidine rings is 1. The van der Waals surface area contributed by atoms with Crippen molar-refractivity contribution in [3.05, 3.63) is 34.9 Å². The van der Waals surface area contributed by atoms with Crippen LogP contribution in [0.15, 0.2) is 29.2 Å². The van der Waals surface area contributed by atoms with Gasteiger partial charge in [0.1, 0.15) is 0 Å². The number of halogens is 1. The zero-order valence-corrected chi connectivity index (χ0v) is 13.0. The van der Waals surface area contributed by atoms with Crippen molar-refractivity contribution in [2.75, 3.05) is 13.1 Å². The summed E-state index contributed by atoms with van der Waals surface area (Å²) in [5.41, 5.74) is 6.26. The molecule has 3 rings (SSSR count). The molecule has 0 radical (unpaired) electrons. The Morgan fingerprint density at radius 2 is 2.23 bits per heavy atom. The topological polar surface area (TPSA) is 85.6 Å². The molecule has 3 heterocycles. The van der Waals surface area contributed by atoms with Crippen LogP contribution in [0.25, 0.3) is 5.65 Å². The Hall–Kier alpha value is -1.86. The van der Waals surface area contributed by atoms with Crippen LogP contribution in [0.4, 0.5) is 0 Å². The van der Waals surface area contributed by atoms with Crippen LogP contribution in [0, 0.1) is 0 Å². The molecule has 22 heavy (non-hydrogen) atoms. The summed E-state index contributed by atoms with van der Waals surface area (Å²) in [5, 5.41) is 4.22. The fourth-order valence-corrected chi connectivity index (χ4v) is 2.71. The van der Waals surface area contributed by atoms with E-state index in [0.717, 1.165) is 19.4 Å². The number of nitrogens with two attached hydrogens (primary N) is 1. The fourth-order valence-electron chi connectivity index (χ4n) is 2.71. The van der Waals surface area contributed by atoms with Gasteiger partial charge in [-0.3, -0.25) is 9.20 Å². The van der Waals surface area contributed by atoms with Crippen molar-refractivity contribution in [2.45, 2.75) is 31.8 Å². The Kier molecular flexibility index (Phi) is 5.20. The van der Waals surface area contributed by atoms with Gasteiger partial charge in [0.2, 0.25) is 5.91 Å². The number of hydrogen-bond acceptors (Lipinski definition) is 4. The van der Waals surface area contributed by atoms with E-state index in [1.165, 1.54) is 9.08 Å². The molecule has 0 spiro atoms. The molecule has 2 N–H and O–H groups in total. The van der Waals surface area contributed by atoms with Crippen LogP contribution in [-0.4, -0.2) is 44.1 Å². The van der Waals surface area contributed by atoms with Crippen molar-refractivity contribution in [1.29, 1.82) is 0 Å². The lowest BCUT2D eigenvalue weighted by Crippen LogP contribution is -2.46. The molecule has 0 aromatic carbocycles. The summed E-state index contributed by atoms with van der Waals surface area (Å²) in [6, 6.07) is 5.44.